The normalized spacial score (nSPS) is 9.15. The molecule has 0 fully saturated rings. The maximum atomic E-state index is 10.6. The second-order valence-electron chi connectivity index (χ2n) is 2.66. The molecule has 13 heavy (non-hydrogen) atoms. The van der Waals surface area contributed by atoms with Crippen molar-refractivity contribution in [3.63, 3.8) is 0 Å². The first kappa shape index (κ1) is 14.1. The molecular weight excluding hydrogens is 306 g/mol. The molecule has 0 aliphatic rings. The first-order valence-corrected chi connectivity index (χ1v) is 4.59. The Labute approximate surface area is 134 Å². The molecule has 0 spiro atoms. The summed E-state index contributed by atoms with van der Waals surface area (Å²) in [6.07, 6.45) is 0. The number of hydrogen-bond donors (Lipinski definition) is 0. The molecule has 2 nitrogen and oxygen atoms in total. The fourth-order valence-electron chi connectivity index (χ4n) is 0.939. The average Bonchev–Trinajstić information content (AvgIpc) is 2.00. The Morgan fingerprint density at radius 3 is 2.38 bits per heavy atom. The molecule has 0 radical (unpaired) electrons. The van der Waals surface area contributed by atoms with Crippen LogP contribution in [0.3, 0.4) is 0 Å². The van der Waals surface area contributed by atoms with E-state index in [1.165, 1.54) is 0 Å². The number of carboxylic acid groups (broad SMARTS) is 1. The number of hydrogen-bond acceptors (Lipinski definition) is 2. The summed E-state index contributed by atoms with van der Waals surface area (Å²) in [6.45, 7) is 3.86. The summed E-state index contributed by atoms with van der Waals surface area (Å²) in [4.78, 5) is 10.6. The van der Waals surface area contributed by atoms with Gasteiger partial charge in [-0.25, -0.2) is 0 Å². The zero-order valence-electron chi connectivity index (χ0n) is 7.85. The van der Waals surface area contributed by atoms with Gasteiger partial charge in [0.2, 0.25) is 0 Å². The monoisotopic (exact) mass is 314 g/mol. The van der Waals surface area contributed by atoms with Crippen LogP contribution in [0.15, 0.2) is 12.1 Å². The summed E-state index contributed by atoms with van der Waals surface area (Å²) in [5.41, 5.74) is 2.39. The van der Waals surface area contributed by atoms with Crippen LogP contribution in [-0.4, -0.2) is 5.97 Å². The first-order valence-electron chi connectivity index (χ1n) is 3.51. The van der Waals surface area contributed by atoms with Crippen molar-refractivity contribution in [2.45, 2.75) is 13.8 Å². The van der Waals surface area contributed by atoms with Crippen molar-refractivity contribution in [2.75, 3.05) is 0 Å². The van der Waals surface area contributed by atoms with Crippen molar-refractivity contribution in [2.24, 2.45) is 0 Å². The van der Waals surface area contributed by atoms with E-state index in [0.717, 1.165) is 14.7 Å². The van der Waals surface area contributed by atoms with Gasteiger partial charge in [0.15, 0.2) is 0 Å². The molecule has 0 saturated carbocycles. The zero-order valence-corrected chi connectivity index (χ0v) is 13.1. The Bertz CT molecular complexity index is 337. The Kier molecular flexibility index (Phi) is 6.29. The van der Waals surface area contributed by atoms with E-state index in [0.29, 0.717) is 0 Å². The van der Waals surface area contributed by atoms with Crippen LogP contribution in [0.25, 0.3) is 0 Å². The van der Waals surface area contributed by atoms with Crippen LogP contribution in [0.1, 0.15) is 21.5 Å². The van der Waals surface area contributed by atoms with Crippen molar-refractivity contribution >= 4 is 28.6 Å². The molecule has 1 rings (SSSR count). The van der Waals surface area contributed by atoms with E-state index in [1.807, 2.05) is 36.4 Å². The Morgan fingerprint density at radius 2 is 1.92 bits per heavy atom. The van der Waals surface area contributed by atoms with E-state index in [2.05, 4.69) is 0 Å². The quantitative estimate of drug-likeness (QED) is 0.457. The van der Waals surface area contributed by atoms with Crippen LogP contribution in [0.4, 0.5) is 0 Å². The van der Waals surface area contributed by atoms with Crippen molar-refractivity contribution in [3.05, 3.63) is 32.4 Å². The maximum Gasteiger partial charge on any atom is 1.00 e. The number of aromatic carboxylic acids is 1. The molecule has 1 aromatic carbocycles. The van der Waals surface area contributed by atoms with Gasteiger partial charge < -0.3 is 9.90 Å². The molecule has 1 aromatic rings. The molecule has 0 N–H and O–H groups in total. The van der Waals surface area contributed by atoms with Crippen LogP contribution in [-0.2, 0) is 0 Å². The smallest absolute Gasteiger partial charge is 0.545 e. The summed E-state index contributed by atoms with van der Waals surface area (Å²) < 4.78 is 0.771. The number of carboxylic acids is 1. The molecule has 0 bridgehead atoms. The molecule has 4 heteroatoms. The maximum absolute atomic E-state index is 10.6. The first-order chi connectivity index (χ1) is 5.54. The van der Waals surface area contributed by atoms with Crippen LogP contribution in [0.2, 0.25) is 0 Å². The van der Waals surface area contributed by atoms with Crippen LogP contribution in [0, 0.1) is 17.4 Å². The molecule has 0 unspecified atom stereocenters. The van der Waals surface area contributed by atoms with Gasteiger partial charge in [-0.1, -0.05) is 12.1 Å². The summed E-state index contributed by atoms with van der Waals surface area (Å²) in [5.74, 6) is -1.11. The third-order valence-electron chi connectivity index (χ3n) is 1.88. The molecule has 0 aliphatic heterocycles. The van der Waals surface area contributed by atoms with Gasteiger partial charge in [0.25, 0.3) is 0 Å². The number of halogens is 1. The van der Waals surface area contributed by atoms with Gasteiger partial charge in [-0.05, 0) is 47.6 Å². The van der Waals surface area contributed by atoms with Crippen molar-refractivity contribution in [1.82, 2.24) is 0 Å². The minimum Gasteiger partial charge on any atom is -0.545 e. The zero-order chi connectivity index (χ0) is 9.30. The predicted molar refractivity (Wildman–Crippen MR) is 53.0 cm³/mol. The van der Waals surface area contributed by atoms with Gasteiger partial charge in [0.05, 0.1) is 5.97 Å². The topological polar surface area (TPSA) is 40.1 Å². The van der Waals surface area contributed by atoms with Gasteiger partial charge in [0, 0.05) is 9.13 Å². The molecule has 0 aliphatic carbocycles. The third-order valence-corrected chi connectivity index (χ3v) is 3.27. The molecular formula is C9H8IKO2. The van der Waals surface area contributed by atoms with E-state index in [9.17, 15) is 9.90 Å². The SMILES string of the molecule is Cc1ccc(C(=O)[O-])c(I)c1C.[K+]. The number of rotatable bonds is 1. The van der Waals surface area contributed by atoms with Gasteiger partial charge >= 0.3 is 51.4 Å². The fraction of sp³-hybridized carbons (Fsp3) is 0.222. The molecule has 0 aromatic heterocycles. The Morgan fingerprint density at radius 1 is 1.38 bits per heavy atom. The summed E-state index contributed by atoms with van der Waals surface area (Å²) in [7, 11) is 0. The average molecular weight is 314 g/mol. The van der Waals surface area contributed by atoms with Crippen LogP contribution >= 0.6 is 22.6 Å². The summed E-state index contributed by atoms with van der Waals surface area (Å²) in [5, 5.41) is 10.6. The van der Waals surface area contributed by atoms with E-state index in [1.54, 1.807) is 12.1 Å². The van der Waals surface area contributed by atoms with Crippen LogP contribution < -0.4 is 56.5 Å². The number of carbonyl (C=O) groups excluding carboxylic acids is 1. The van der Waals surface area contributed by atoms with Gasteiger partial charge in [-0.2, -0.15) is 0 Å². The minimum atomic E-state index is -1.11. The second-order valence-corrected chi connectivity index (χ2v) is 3.74. The van der Waals surface area contributed by atoms with Crippen molar-refractivity contribution in [1.29, 1.82) is 0 Å². The molecule has 0 atom stereocenters. The van der Waals surface area contributed by atoms with E-state index < -0.39 is 5.97 Å². The predicted octanol–water partition coefficient (Wildman–Crippen LogP) is -1.72. The van der Waals surface area contributed by atoms with Gasteiger partial charge in [-0.15, -0.1) is 0 Å². The van der Waals surface area contributed by atoms with Gasteiger partial charge in [-0.3, -0.25) is 0 Å². The van der Waals surface area contributed by atoms with Crippen molar-refractivity contribution < 1.29 is 61.3 Å². The summed E-state index contributed by atoms with van der Waals surface area (Å²) in [6, 6.07) is 3.38. The van der Waals surface area contributed by atoms with Crippen molar-refractivity contribution in [3.8, 4) is 0 Å². The fourth-order valence-corrected chi connectivity index (χ4v) is 1.76. The largest absolute Gasteiger partial charge is 1.00 e. The third kappa shape index (κ3) is 3.28. The standard InChI is InChI=1S/C9H9IO2.K/c1-5-3-4-7(9(11)12)8(10)6(5)2;/h3-4H,1-2H3,(H,11,12);/q;+1/p-1. The van der Waals surface area contributed by atoms with E-state index >= 15 is 0 Å². The van der Waals surface area contributed by atoms with E-state index in [-0.39, 0.29) is 56.9 Å². The molecule has 0 saturated heterocycles. The molecule has 0 amide bonds. The Balaban J connectivity index is 0.00000144. The molecule has 0 heterocycles. The number of carbonyl (C=O) groups is 1. The van der Waals surface area contributed by atoms with E-state index in [4.69, 9.17) is 0 Å². The van der Waals surface area contributed by atoms with Crippen LogP contribution in [0.5, 0.6) is 0 Å². The molecule has 64 valence electrons. The number of benzene rings is 1. The summed E-state index contributed by atoms with van der Waals surface area (Å²) >= 11 is 2.02. The second kappa shape index (κ2) is 5.82. The minimum absolute atomic E-state index is 0. The Hall–Kier alpha value is 1.06. The number of aryl methyl sites for hydroxylation is 1. The van der Waals surface area contributed by atoms with Gasteiger partial charge in [0.1, 0.15) is 0 Å².